The second-order valence-electron chi connectivity index (χ2n) is 8.31. The molecule has 2 heterocycles. The molecule has 2 aliphatic heterocycles. The maximum absolute atomic E-state index is 12.1. The molecule has 1 N–H and O–H groups in total. The molecule has 0 spiro atoms. The number of piperidine rings is 2. The summed E-state index contributed by atoms with van der Waals surface area (Å²) in [7, 11) is 0. The maximum atomic E-state index is 12.1. The van der Waals surface area contributed by atoms with E-state index in [-0.39, 0.29) is 12.2 Å². The third kappa shape index (κ3) is 6.76. The van der Waals surface area contributed by atoms with E-state index >= 15 is 0 Å². The summed E-state index contributed by atoms with van der Waals surface area (Å²) < 4.78 is 11.2. The van der Waals surface area contributed by atoms with Gasteiger partial charge in [0.25, 0.3) is 0 Å². The van der Waals surface area contributed by atoms with Gasteiger partial charge in [-0.15, -0.1) is 0 Å². The van der Waals surface area contributed by atoms with Gasteiger partial charge in [0.1, 0.15) is 5.60 Å². The van der Waals surface area contributed by atoms with Crippen LogP contribution in [0.25, 0.3) is 0 Å². The summed E-state index contributed by atoms with van der Waals surface area (Å²) in [6.07, 6.45) is 4.99. The summed E-state index contributed by atoms with van der Waals surface area (Å²) in [5.74, 6) is 0. The van der Waals surface area contributed by atoms with Crippen molar-refractivity contribution in [2.75, 3.05) is 26.2 Å². The fourth-order valence-electron chi connectivity index (χ4n) is 3.65. The van der Waals surface area contributed by atoms with Gasteiger partial charge in [-0.1, -0.05) is 13.3 Å². The Labute approximate surface area is 152 Å². The van der Waals surface area contributed by atoms with Crippen LogP contribution in [-0.2, 0) is 9.47 Å². The Balaban J connectivity index is 1.69. The first kappa shape index (κ1) is 20.5. The van der Waals surface area contributed by atoms with Crippen LogP contribution < -0.4 is 0 Å². The predicted molar refractivity (Wildman–Crippen MR) is 97.4 cm³/mol. The normalized spacial score (nSPS) is 22.8. The molecule has 0 bridgehead atoms. The number of ether oxygens (including phenoxy) is 2. The highest BCUT2D eigenvalue weighted by Crippen LogP contribution is 2.24. The number of carbonyl (C=O) groups is 1. The van der Waals surface area contributed by atoms with Crippen molar-refractivity contribution in [1.29, 1.82) is 0 Å². The molecular formula is C19H36N2O4. The smallest absolute Gasteiger partial charge is 0.410 e. The fraction of sp³-hybridized carbons (Fsp3) is 0.947. The number of aliphatic hydroxyl groups excluding tert-OH is 1. The monoisotopic (exact) mass is 356 g/mol. The number of carbonyl (C=O) groups excluding carboxylic acids is 1. The first-order chi connectivity index (χ1) is 11.8. The minimum atomic E-state index is -0.612. The summed E-state index contributed by atoms with van der Waals surface area (Å²) >= 11 is 0. The lowest BCUT2D eigenvalue weighted by Crippen LogP contribution is -2.50. The SMILES string of the molecule is CCCC(O)OC1CCN(C2CCN(C(=O)OC(C)(C)C)CC2)CC1. The zero-order chi connectivity index (χ0) is 18.4. The molecule has 146 valence electrons. The zero-order valence-corrected chi connectivity index (χ0v) is 16.4. The van der Waals surface area contributed by atoms with Gasteiger partial charge >= 0.3 is 6.09 Å². The van der Waals surface area contributed by atoms with Gasteiger partial charge in [0, 0.05) is 32.2 Å². The molecule has 0 saturated carbocycles. The van der Waals surface area contributed by atoms with Crippen molar-refractivity contribution < 1.29 is 19.4 Å². The third-order valence-corrected chi connectivity index (χ3v) is 4.99. The third-order valence-electron chi connectivity index (χ3n) is 4.99. The minimum Gasteiger partial charge on any atom is -0.444 e. The van der Waals surface area contributed by atoms with Gasteiger partial charge in [-0.25, -0.2) is 4.79 Å². The number of hydrogen-bond acceptors (Lipinski definition) is 5. The molecule has 0 aromatic carbocycles. The van der Waals surface area contributed by atoms with Crippen molar-refractivity contribution >= 4 is 6.09 Å². The lowest BCUT2D eigenvalue weighted by molar-refractivity contribution is -0.152. The molecule has 1 unspecified atom stereocenters. The average molecular weight is 357 g/mol. The van der Waals surface area contributed by atoms with Gasteiger partial charge in [-0.05, 0) is 52.9 Å². The molecule has 0 aromatic heterocycles. The molecular weight excluding hydrogens is 320 g/mol. The number of nitrogens with zero attached hydrogens (tertiary/aromatic N) is 2. The van der Waals surface area contributed by atoms with Crippen molar-refractivity contribution in [3.8, 4) is 0 Å². The van der Waals surface area contributed by atoms with Crippen LogP contribution in [0.3, 0.4) is 0 Å². The quantitative estimate of drug-likeness (QED) is 0.767. The number of aliphatic hydroxyl groups is 1. The number of rotatable bonds is 5. The Kier molecular flexibility index (Phi) is 7.52. The molecule has 2 fully saturated rings. The van der Waals surface area contributed by atoms with Crippen LogP contribution in [0.15, 0.2) is 0 Å². The largest absolute Gasteiger partial charge is 0.444 e. The summed E-state index contributed by atoms with van der Waals surface area (Å²) in [6, 6.07) is 0.542. The van der Waals surface area contributed by atoms with Crippen molar-refractivity contribution in [2.24, 2.45) is 0 Å². The van der Waals surface area contributed by atoms with Crippen LogP contribution in [0, 0.1) is 0 Å². The van der Waals surface area contributed by atoms with E-state index in [0.29, 0.717) is 12.5 Å². The Bertz CT molecular complexity index is 408. The highest BCUT2D eigenvalue weighted by molar-refractivity contribution is 5.68. The molecule has 25 heavy (non-hydrogen) atoms. The molecule has 0 aliphatic carbocycles. The summed E-state index contributed by atoms with van der Waals surface area (Å²) in [4.78, 5) is 16.5. The van der Waals surface area contributed by atoms with E-state index in [9.17, 15) is 9.90 Å². The lowest BCUT2D eigenvalue weighted by Gasteiger charge is -2.42. The van der Waals surface area contributed by atoms with E-state index in [2.05, 4.69) is 11.8 Å². The van der Waals surface area contributed by atoms with E-state index in [4.69, 9.17) is 9.47 Å². The maximum Gasteiger partial charge on any atom is 0.410 e. The van der Waals surface area contributed by atoms with Gasteiger partial charge in [0.05, 0.1) is 6.10 Å². The average Bonchev–Trinajstić information content (AvgIpc) is 2.54. The standard InChI is InChI=1S/C19H36N2O4/c1-5-6-17(22)24-16-9-13-20(14-10-16)15-7-11-21(12-8-15)18(23)25-19(2,3)4/h15-17,22H,5-14H2,1-4H3. The molecule has 2 saturated heterocycles. The molecule has 2 aliphatic rings. The minimum absolute atomic E-state index is 0.180. The second kappa shape index (κ2) is 9.19. The van der Waals surface area contributed by atoms with Crippen molar-refractivity contribution in [3.63, 3.8) is 0 Å². The molecule has 2 rings (SSSR count). The topological polar surface area (TPSA) is 62.2 Å². The van der Waals surface area contributed by atoms with Gasteiger partial charge < -0.3 is 24.4 Å². The molecule has 1 amide bonds. The van der Waals surface area contributed by atoms with Crippen LogP contribution in [0.2, 0.25) is 0 Å². The molecule has 1 atom stereocenters. The summed E-state index contributed by atoms with van der Waals surface area (Å²) in [6.45, 7) is 11.3. The predicted octanol–water partition coefficient (Wildman–Crippen LogP) is 2.99. The Morgan fingerprint density at radius 3 is 2.24 bits per heavy atom. The van der Waals surface area contributed by atoms with Gasteiger partial charge in [0.15, 0.2) is 6.29 Å². The number of hydrogen-bond donors (Lipinski definition) is 1. The highest BCUT2D eigenvalue weighted by atomic mass is 16.6. The number of likely N-dealkylation sites (tertiary alicyclic amines) is 2. The van der Waals surface area contributed by atoms with Gasteiger partial charge in [-0.2, -0.15) is 0 Å². The second-order valence-corrected chi connectivity index (χ2v) is 8.31. The van der Waals surface area contributed by atoms with Gasteiger partial charge in [0.2, 0.25) is 0 Å². The van der Waals surface area contributed by atoms with Crippen LogP contribution in [0.5, 0.6) is 0 Å². The van der Waals surface area contributed by atoms with E-state index in [1.165, 1.54) is 0 Å². The number of amides is 1. The highest BCUT2D eigenvalue weighted by Gasteiger charge is 2.31. The first-order valence-electron chi connectivity index (χ1n) is 9.84. The molecule has 6 nitrogen and oxygen atoms in total. The van der Waals surface area contributed by atoms with Crippen LogP contribution in [-0.4, -0.2) is 71.2 Å². The Morgan fingerprint density at radius 1 is 1.12 bits per heavy atom. The Morgan fingerprint density at radius 2 is 1.72 bits per heavy atom. The summed E-state index contributed by atoms with van der Waals surface area (Å²) in [5.41, 5.74) is -0.432. The lowest BCUT2D eigenvalue weighted by atomic mass is 9.99. The zero-order valence-electron chi connectivity index (χ0n) is 16.4. The van der Waals surface area contributed by atoms with Crippen molar-refractivity contribution in [1.82, 2.24) is 9.80 Å². The van der Waals surface area contributed by atoms with Crippen LogP contribution in [0.4, 0.5) is 4.79 Å². The first-order valence-corrected chi connectivity index (χ1v) is 9.84. The molecule has 0 radical (unpaired) electrons. The van der Waals surface area contributed by atoms with Gasteiger partial charge in [-0.3, -0.25) is 0 Å². The van der Waals surface area contributed by atoms with E-state index in [1.54, 1.807) is 0 Å². The van der Waals surface area contributed by atoms with E-state index < -0.39 is 11.9 Å². The van der Waals surface area contributed by atoms with E-state index in [1.807, 2.05) is 25.7 Å². The molecule has 0 aromatic rings. The van der Waals surface area contributed by atoms with Crippen molar-refractivity contribution in [3.05, 3.63) is 0 Å². The fourth-order valence-corrected chi connectivity index (χ4v) is 3.65. The van der Waals surface area contributed by atoms with Crippen LogP contribution >= 0.6 is 0 Å². The van der Waals surface area contributed by atoms with Crippen molar-refractivity contribution in [2.45, 2.75) is 90.3 Å². The van der Waals surface area contributed by atoms with E-state index in [0.717, 1.165) is 58.3 Å². The Hall–Kier alpha value is -0.850. The summed E-state index contributed by atoms with van der Waals surface area (Å²) in [5, 5.41) is 9.79. The molecule has 6 heteroatoms. The van der Waals surface area contributed by atoms with Crippen LogP contribution in [0.1, 0.15) is 66.2 Å².